The zero-order chi connectivity index (χ0) is 29.9. The SMILES string of the molecule is CC1=C(C)C(C)C([Si](c2cc(C)cc(C)c2)(c2cc(C)cc(C)c2)c2cc(C(C)(C)C)cc(C(C)(C)C)c2)=C1C. The van der Waals surface area contributed by atoms with Gasteiger partial charge in [0, 0.05) is 0 Å². The second-order valence-corrected chi connectivity index (χ2v) is 18.6. The van der Waals surface area contributed by atoms with Crippen molar-refractivity contribution in [3.63, 3.8) is 0 Å². The summed E-state index contributed by atoms with van der Waals surface area (Å²) >= 11 is 0. The van der Waals surface area contributed by atoms with Crippen molar-refractivity contribution < 1.29 is 0 Å². The van der Waals surface area contributed by atoms with Gasteiger partial charge in [-0.15, -0.1) is 0 Å². The molecule has 1 aliphatic carbocycles. The Morgan fingerprint density at radius 2 is 0.825 bits per heavy atom. The van der Waals surface area contributed by atoms with Gasteiger partial charge in [-0.3, -0.25) is 0 Å². The molecule has 1 aliphatic rings. The smallest absolute Gasteiger partial charge is 0.0636 e. The number of benzene rings is 3. The fraction of sp³-hybridized carbons (Fsp3) is 0.436. The van der Waals surface area contributed by atoms with Crippen LogP contribution in [0.15, 0.2) is 76.5 Å². The van der Waals surface area contributed by atoms with E-state index in [9.17, 15) is 0 Å². The van der Waals surface area contributed by atoms with Gasteiger partial charge in [-0.1, -0.05) is 142 Å². The van der Waals surface area contributed by atoms with Crippen LogP contribution >= 0.6 is 0 Å². The molecular formula is C39H52Si. The summed E-state index contributed by atoms with van der Waals surface area (Å²) < 4.78 is 0. The van der Waals surface area contributed by atoms with Crippen LogP contribution in [-0.2, 0) is 10.8 Å². The normalized spacial score (nSPS) is 16.8. The van der Waals surface area contributed by atoms with Crippen molar-refractivity contribution in [2.45, 2.75) is 108 Å². The Morgan fingerprint density at radius 1 is 0.475 bits per heavy atom. The maximum absolute atomic E-state index is 2.71. The van der Waals surface area contributed by atoms with Crippen molar-refractivity contribution in [2.75, 3.05) is 0 Å². The molecule has 0 nitrogen and oxygen atoms in total. The molecule has 0 N–H and O–H groups in total. The van der Waals surface area contributed by atoms with E-state index in [0.717, 1.165) is 0 Å². The van der Waals surface area contributed by atoms with Crippen molar-refractivity contribution >= 4 is 23.6 Å². The quantitative estimate of drug-likeness (QED) is 0.226. The topological polar surface area (TPSA) is 0 Å². The van der Waals surface area contributed by atoms with Gasteiger partial charge in [0.25, 0.3) is 0 Å². The standard InChI is InChI=1S/C39H52Si/c1-24-15-25(2)18-34(17-24)40(35-19-26(3)16-27(4)20-35,37-30(7)28(5)29(6)31(37)8)36-22-32(38(9,10)11)21-33(23-36)39(12,13)14/h15-23,30H,1-14H3. The lowest BCUT2D eigenvalue weighted by atomic mass is 9.81. The Labute approximate surface area is 246 Å². The Kier molecular flexibility index (Phi) is 7.82. The minimum absolute atomic E-state index is 0.0516. The molecular weight excluding hydrogens is 497 g/mol. The second-order valence-electron chi connectivity index (χ2n) is 14.9. The van der Waals surface area contributed by atoms with Gasteiger partial charge in [-0.2, -0.15) is 0 Å². The van der Waals surface area contributed by atoms with Crippen molar-refractivity contribution in [1.29, 1.82) is 0 Å². The van der Waals surface area contributed by atoms with Gasteiger partial charge < -0.3 is 0 Å². The number of aryl methyl sites for hydroxylation is 4. The van der Waals surface area contributed by atoms with E-state index >= 15 is 0 Å². The van der Waals surface area contributed by atoms with Crippen LogP contribution in [0.25, 0.3) is 0 Å². The Balaban J connectivity index is 2.34. The molecule has 0 radical (unpaired) electrons. The van der Waals surface area contributed by atoms with E-state index in [1.165, 1.54) is 65.7 Å². The Morgan fingerprint density at radius 3 is 1.12 bits per heavy atom. The predicted octanol–water partition coefficient (Wildman–Crippen LogP) is 8.83. The lowest BCUT2D eigenvalue weighted by Crippen LogP contribution is -2.70. The molecule has 0 saturated carbocycles. The third-order valence-electron chi connectivity index (χ3n) is 9.45. The van der Waals surface area contributed by atoms with E-state index in [1.807, 2.05) is 0 Å². The summed E-state index contributed by atoms with van der Waals surface area (Å²) in [5.41, 5.74) is 12.9. The molecule has 0 fully saturated rings. The van der Waals surface area contributed by atoms with E-state index in [-0.39, 0.29) is 10.8 Å². The molecule has 40 heavy (non-hydrogen) atoms. The number of hydrogen-bond acceptors (Lipinski definition) is 0. The molecule has 0 bridgehead atoms. The molecule has 0 spiro atoms. The van der Waals surface area contributed by atoms with Gasteiger partial charge in [0.15, 0.2) is 8.07 Å². The summed E-state index contributed by atoms with van der Waals surface area (Å²) in [5, 5.41) is 6.24. The number of allylic oxidation sites excluding steroid dienone is 4. The minimum Gasteiger partial charge on any atom is -0.0636 e. The third-order valence-corrected chi connectivity index (χ3v) is 14.5. The maximum atomic E-state index is 2.60. The molecule has 0 aromatic heterocycles. The van der Waals surface area contributed by atoms with Crippen molar-refractivity contribution in [2.24, 2.45) is 5.92 Å². The monoisotopic (exact) mass is 548 g/mol. The first-order chi connectivity index (χ1) is 18.4. The van der Waals surface area contributed by atoms with Gasteiger partial charge in [-0.25, -0.2) is 0 Å². The second kappa shape index (κ2) is 10.3. The molecule has 3 aromatic rings. The van der Waals surface area contributed by atoms with Crippen molar-refractivity contribution in [3.8, 4) is 0 Å². The lowest BCUT2D eigenvalue weighted by molar-refractivity contribution is 0.569. The van der Waals surface area contributed by atoms with Crippen LogP contribution in [0.1, 0.15) is 103 Å². The number of hydrogen-bond donors (Lipinski definition) is 0. The van der Waals surface area contributed by atoms with Crippen LogP contribution in [0.3, 0.4) is 0 Å². The molecule has 1 heteroatoms. The minimum atomic E-state index is -2.71. The van der Waals surface area contributed by atoms with E-state index in [2.05, 4.69) is 152 Å². The predicted molar refractivity (Wildman–Crippen MR) is 181 cm³/mol. The van der Waals surface area contributed by atoms with E-state index in [4.69, 9.17) is 0 Å². The highest BCUT2D eigenvalue weighted by atomic mass is 28.3. The summed E-state index contributed by atoms with van der Waals surface area (Å²) in [6.45, 7) is 32.9. The van der Waals surface area contributed by atoms with Crippen LogP contribution in [0.2, 0.25) is 0 Å². The summed E-state index contributed by atoms with van der Waals surface area (Å²) in [5.74, 6) is 0.407. The third kappa shape index (κ3) is 5.23. The molecule has 212 valence electrons. The molecule has 0 heterocycles. The highest BCUT2D eigenvalue weighted by molar-refractivity contribution is 7.16. The first kappa shape index (κ1) is 30.3. The average molecular weight is 549 g/mol. The molecule has 3 aromatic carbocycles. The maximum Gasteiger partial charge on any atom is 0.176 e. The highest BCUT2D eigenvalue weighted by Crippen LogP contribution is 2.42. The Hall–Kier alpha value is -2.64. The van der Waals surface area contributed by atoms with Gasteiger partial charge in [0.1, 0.15) is 0 Å². The van der Waals surface area contributed by atoms with Crippen molar-refractivity contribution in [1.82, 2.24) is 0 Å². The van der Waals surface area contributed by atoms with Crippen molar-refractivity contribution in [3.05, 3.63) is 110 Å². The zero-order valence-electron chi connectivity index (χ0n) is 27.8. The first-order valence-electron chi connectivity index (χ1n) is 15.1. The van der Waals surface area contributed by atoms with E-state index in [1.54, 1.807) is 5.20 Å². The van der Waals surface area contributed by atoms with Crippen LogP contribution in [0, 0.1) is 33.6 Å². The zero-order valence-corrected chi connectivity index (χ0v) is 28.8. The molecule has 1 unspecified atom stereocenters. The molecule has 0 saturated heterocycles. The molecule has 0 amide bonds. The average Bonchev–Trinajstić information content (AvgIpc) is 3.00. The van der Waals surface area contributed by atoms with E-state index in [0.29, 0.717) is 5.92 Å². The fourth-order valence-corrected chi connectivity index (χ4v) is 13.1. The summed E-state index contributed by atoms with van der Waals surface area (Å²) in [4.78, 5) is 0. The van der Waals surface area contributed by atoms with Crippen LogP contribution in [0.5, 0.6) is 0 Å². The fourth-order valence-electron chi connectivity index (χ4n) is 7.03. The van der Waals surface area contributed by atoms with Gasteiger partial charge in [0.2, 0.25) is 0 Å². The number of rotatable bonds is 4. The largest absolute Gasteiger partial charge is 0.176 e. The Bertz CT molecular complexity index is 1400. The van der Waals surface area contributed by atoms with Gasteiger partial charge >= 0.3 is 0 Å². The van der Waals surface area contributed by atoms with Gasteiger partial charge in [-0.05, 0) is 97.5 Å². The molecule has 0 aliphatic heterocycles. The summed E-state index contributed by atoms with van der Waals surface area (Å²) in [6, 6.07) is 22.5. The molecule has 4 rings (SSSR count). The summed E-state index contributed by atoms with van der Waals surface area (Å²) in [6.07, 6.45) is 0. The van der Waals surface area contributed by atoms with Crippen LogP contribution in [-0.4, -0.2) is 8.07 Å². The lowest BCUT2D eigenvalue weighted by Gasteiger charge is -2.41. The first-order valence-corrected chi connectivity index (χ1v) is 17.1. The van der Waals surface area contributed by atoms with Gasteiger partial charge in [0.05, 0.1) is 0 Å². The highest BCUT2D eigenvalue weighted by Gasteiger charge is 2.49. The molecule has 1 atom stereocenters. The van der Waals surface area contributed by atoms with E-state index < -0.39 is 8.07 Å². The van der Waals surface area contributed by atoms with Crippen LogP contribution in [0.4, 0.5) is 0 Å². The summed E-state index contributed by atoms with van der Waals surface area (Å²) in [7, 11) is -2.71. The van der Waals surface area contributed by atoms with Crippen LogP contribution < -0.4 is 15.6 Å².